The molecule has 186 valence electrons. The molecule has 13 heteroatoms. The highest BCUT2D eigenvalue weighted by atomic mass is 79.9. The average molecular weight is 588 g/mol. The third-order valence-corrected chi connectivity index (χ3v) is 5.72. The first-order chi connectivity index (χ1) is 17.0. The van der Waals surface area contributed by atoms with E-state index in [1.54, 1.807) is 12.1 Å². The van der Waals surface area contributed by atoms with E-state index in [2.05, 4.69) is 36.4 Å². The molecule has 0 atom stereocenters. The zero-order valence-corrected chi connectivity index (χ0v) is 20.1. The molecule has 1 amide bonds. The van der Waals surface area contributed by atoms with Gasteiger partial charge in [0, 0.05) is 21.6 Å². The van der Waals surface area contributed by atoms with Gasteiger partial charge in [-0.3, -0.25) is 9.78 Å². The third-order valence-electron chi connectivity index (χ3n) is 4.91. The lowest BCUT2D eigenvalue weighted by Crippen LogP contribution is -2.35. The molecule has 2 heterocycles. The van der Waals surface area contributed by atoms with Gasteiger partial charge in [0.2, 0.25) is 0 Å². The number of rotatable bonds is 6. The fraction of sp³-hybridized carbons (Fsp3) is 0.130. The van der Waals surface area contributed by atoms with Gasteiger partial charge in [-0.05, 0) is 24.3 Å². The van der Waals surface area contributed by atoms with Gasteiger partial charge in [-0.2, -0.15) is 22.0 Å². The molecule has 2 aromatic carbocycles. The van der Waals surface area contributed by atoms with E-state index in [0.29, 0.717) is 16.7 Å². The third kappa shape index (κ3) is 5.54. The summed E-state index contributed by atoms with van der Waals surface area (Å²) in [5.74, 6) is -5.42. The highest BCUT2D eigenvalue weighted by Crippen LogP contribution is 2.36. The number of fused-ring (bicyclic) bond motifs is 1. The van der Waals surface area contributed by atoms with Gasteiger partial charge in [0.15, 0.2) is 0 Å². The van der Waals surface area contributed by atoms with Crippen LogP contribution in [0.25, 0.3) is 10.9 Å². The molecule has 0 aliphatic carbocycles. The number of nitrogens with zero attached hydrogens (tertiary/aromatic N) is 3. The number of pyridine rings is 1. The molecule has 1 N–H and O–H groups in total. The Morgan fingerprint density at radius 1 is 1.03 bits per heavy atom. The first-order valence-electron chi connectivity index (χ1n) is 10.0. The van der Waals surface area contributed by atoms with Crippen molar-refractivity contribution < 1.29 is 31.5 Å². The van der Waals surface area contributed by atoms with Crippen LogP contribution in [0.4, 0.5) is 22.0 Å². The Balaban J connectivity index is 1.67. The summed E-state index contributed by atoms with van der Waals surface area (Å²) >= 11 is 9.07. The van der Waals surface area contributed by atoms with E-state index < -0.39 is 41.6 Å². The maximum Gasteiger partial charge on any atom is 0.418 e. The van der Waals surface area contributed by atoms with E-state index in [4.69, 9.17) is 16.3 Å². The predicted octanol–water partition coefficient (Wildman–Crippen LogP) is 6.77. The predicted molar refractivity (Wildman–Crippen MR) is 124 cm³/mol. The molecule has 0 fully saturated rings. The molecule has 0 unspecified atom stereocenters. The fourth-order valence-electron chi connectivity index (χ4n) is 3.23. The summed E-state index contributed by atoms with van der Waals surface area (Å²) in [6.45, 7) is -1.13. The first kappa shape index (κ1) is 25.7. The zero-order chi connectivity index (χ0) is 26.1. The first-order valence-corrected chi connectivity index (χ1v) is 11.2. The summed E-state index contributed by atoms with van der Waals surface area (Å²) in [5, 5.41) is 9.79. The number of ether oxygens (including phenoxy) is 1. The summed E-state index contributed by atoms with van der Waals surface area (Å²) in [5.41, 5.74) is -1.65. The van der Waals surface area contributed by atoms with Crippen LogP contribution in [-0.4, -0.2) is 27.6 Å². The molecule has 2 aromatic heterocycles. The van der Waals surface area contributed by atoms with E-state index >= 15 is 0 Å². The van der Waals surface area contributed by atoms with Crippen molar-refractivity contribution in [3.05, 3.63) is 87.1 Å². The smallest absolute Gasteiger partial charge is 0.418 e. The van der Waals surface area contributed by atoms with Crippen molar-refractivity contribution in [2.24, 2.45) is 0 Å². The van der Waals surface area contributed by atoms with Gasteiger partial charge in [0.25, 0.3) is 17.7 Å². The normalized spacial score (nSPS) is 12.0. The Hall–Kier alpha value is -3.38. The van der Waals surface area contributed by atoms with Crippen LogP contribution < -0.4 is 10.1 Å². The van der Waals surface area contributed by atoms with Crippen molar-refractivity contribution >= 4 is 44.3 Å². The van der Waals surface area contributed by atoms with E-state index in [1.165, 1.54) is 24.3 Å². The summed E-state index contributed by atoms with van der Waals surface area (Å²) in [6.07, 6.45) is -3.11. The Morgan fingerprint density at radius 3 is 2.50 bits per heavy atom. The van der Waals surface area contributed by atoms with Crippen LogP contribution in [0, 0.1) is 0 Å². The molecule has 0 aliphatic heterocycles. The molecule has 0 radical (unpaired) electrons. The number of carbonyl (C=O) groups is 1. The van der Waals surface area contributed by atoms with Crippen molar-refractivity contribution in [1.82, 2.24) is 20.5 Å². The van der Waals surface area contributed by atoms with Crippen molar-refractivity contribution in [1.29, 1.82) is 0 Å². The maximum atomic E-state index is 14.9. The lowest BCUT2D eigenvalue weighted by molar-refractivity contribution is -0.137. The van der Waals surface area contributed by atoms with Crippen LogP contribution in [0.5, 0.6) is 11.6 Å². The number of alkyl halides is 5. The minimum atomic E-state index is -4.69. The number of halogens is 7. The minimum absolute atomic E-state index is 0.185. The second-order valence-corrected chi connectivity index (χ2v) is 8.74. The van der Waals surface area contributed by atoms with Gasteiger partial charge < -0.3 is 10.1 Å². The Bertz CT molecular complexity index is 1450. The van der Waals surface area contributed by atoms with Crippen molar-refractivity contribution in [3.63, 3.8) is 0 Å². The molecule has 0 saturated carbocycles. The number of aromatic nitrogens is 3. The van der Waals surface area contributed by atoms with E-state index in [1.807, 2.05) is 0 Å². The maximum absolute atomic E-state index is 14.9. The standard InChI is InChI=1S/C23H13BrClF5N4O2/c24-13-5-6-16(17(25)8-13)22(26,27)11-32-20(35)19-15-3-1-2-4-18(15)33-34-21(19)36-14-7-12(9-31-10-14)23(28,29)30/h1-10H,11H2,(H,32,35). The topological polar surface area (TPSA) is 77.0 Å². The van der Waals surface area contributed by atoms with Crippen LogP contribution in [0.2, 0.25) is 5.02 Å². The highest BCUT2D eigenvalue weighted by Gasteiger charge is 2.35. The van der Waals surface area contributed by atoms with Gasteiger partial charge in [0.1, 0.15) is 11.3 Å². The molecule has 6 nitrogen and oxygen atoms in total. The number of carbonyl (C=O) groups excluding carboxylic acids is 1. The molecule has 4 rings (SSSR count). The molecular weight excluding hydrogens is 575 g/mol. The Labute approximate surface area is 213 Å². The molecule has 0 saturated heterocycles. The summed E-state index contributed by atoms with van der Waals surface area (Å²) < 4.78 is 74.8. The van der Waals surface area contributed by atoms with E-state index in [0.717, 1.165) is 12.3 Å². The van der Waals surface area contributed by atoms with Crippen LogP contribution in [0.1, 0.15) is 21.5 Å². The van der Waals surface area contributed by atoms with Crippen molar-refractivity contribution in [3.8, 4) is 11.6 Å². The monoisotopic (exact) mass is 586 g/mol. The summed E-state index contributed by atoms with van der Waals surface area (Å²) in [4.78, 5) is 16.6. The van der Waals surface area contributed by atoms with Crippen LogP contribution >= 0.6 is 27.5 Å². The van der Waals surface area contributed by atoms with Crippen LogP contribution in [-0.2, 0) is 12.1 Å². The van der Waals surface area contributed by atoms with Crippen molar-refractivity contribution in [2.45, 2.75) is 12.1 Å². The summed E-state index contributed by atoms with van der Waals surface area (Å²) in [7, 11) is 0. The van der Waals surface area contributed by atoms with Gasteiger partial charge in [-0.15, -0.1) is 10.2 Å². The molecule has 4 aromatic rings. The molecule has 0 aliphatic rings. The summed E-state index contributed by atoms with van der Waals surface area (Å²) in [6, 6.07) is 10.6. The lowest BCUT2D eigenvalue weighted by Gasteiger charge is -2.19. The highest BCUT2D eigenvalue weighted by molar-refractivity contribution is 9.10. The van der Waals surface area contributed by atoms with Gasteiger partial charge in [-0.25, -0.2) is 0 Å². The average Bonchev–Trinajstić information content (AvgIpc) is 2.82. The number of hydrogen-bond donors (Lipinski definition) is 1. The number of amides is 1. The fourth-order valence-corrected chi connectivity index (χ4v) is 4.04. The van der Waals surface area contributed by atoms with Crippen molar-refractivity contribution in [2.75, 3.05) is 6.54 Å². The number of benzene rings is 2. The quantitative estimate of drug-likeness (QED) is 0.252. The molecule has 0 spiro atoms. The minimum Gasteiger partial charge on any atom is -0.435 e. The second kappa shape index (κ2) is 9.94. The van der Waals surface area contributed by atoms with Gasteiger partial charge in [-0.1, -0.05) is 51.8 Å². The van der Waals surface area contributed by atoms with Crippen LogP contribution in [0.3, 0.4) is 0 Å². The zero-order valence-electron chi connectivity index (χ0n) is 17.8. The van der Waals surface area contributed by atoms with E-state index in [9.17, 15) is 26.7 Å². The number of hydrogen-bond acceptors (Lipinski definition) is 5. The SMILES string of the molecule is O=C(NCC(F)(F)c1ccc(Br)cc1Cl)c1c(Oc2cncc(C(F)(F)F)c2)nnc2ccccc12. The Morgan fingerprint density at radius 2 is 1.78 bits per heavy atom. The van der Waals surface area contributed by atoms with E-state index in [-0.39, 0.29) is 27.2 Å². The lowest BCUT2D eigenvalue weighted by atomic mass is 10.1. The Kier molecular flexibility index (Phi) is 7.10. The molecule has 36 heavy (non-hydrogen) atoms. The molecular formula is C23H13BrClF5N4O2. The largest absolute Gasteiger partial charge is 0.435 e. The van der Waals surface area contributed by atoms with Gasteiger partial charge >= 0.3 is 6.18 Å². The van der Waals surface area contributed by atoms with Crippen LogP contribution in [0.15, 0.2) is 65.4 Å². The second-order valence-electron chi connectivity index (χ2n) is 7.42. The number of nitrogens with one attached hydrogen (secondary N) is 1. The van der Waals surface area contributed by atoms with Gasteiger partial charge in [0.05, 0.1) is 28.8 Å². The molecule has 0 bridgehead atoms.